The average molecular weight is 246 g/mol. The minimum atomic E-state index is 0.783. The number of aryl methyl sites for hydroxylation is 1. The number of nitrogen functional groups attached to an aromatic ring is 1. The van der Waals surface area contributed by atoms with Gasteiger partial charge >= 0.3 is 0 Å². The molecule has 1 aliphatic heterocycles. The maximum Gasteiger partial charge on any atom is 0.128 e. The predicted molar refractivity (Wildman–Crippen MR) is 74.8 cm³/mol. The summed E-state index contributed by atoms with van der Waals surface area (Å²) in [5.41, 5.74) is 7.72. The molecule has 2 aliphatic rings. The lowest BCUT2D eigenvalue weighted by atomic mass is 10.2. The van der Waals surface area contributed by atoms with Crippen molar-refractivity contribution in [1.82, 2.24) is 9.88 Å². The van der Waals surface area contributed by atoms with Crippen LogP contribution in [0.15, 0.2) is 12.3 Å². The van der Waals surface area contributed by atoms with Gasteiger partial charge in [-0.1, -0.05) is 0 Å². The number of hydrogen-bond donors (Lipinski definition) is 1. The highest BCUT2D eigenvalue weighted by Crippen LogP contribution is 2.30. The largest absolute Gasteiger partial charge is 0.397 e. The molecule has 4 nitrogen and oxygen atoms in total. The van der Waals surface area contributed by atoms with Gasteiger partial charge in [0.1, 0.15) is 5.82 Å². The van der Waals surface area contributed by atoms with Gasteiger partial charge < -0.3 is 10.6 Å². The van der Waals surface area contributed by atoms with Crippen molar-refractivity contribution in [1.29, 1.82) is 0 Å². The summed E-state index contributed by atoms with van der Waals surface area (Å²) in [4.78, 5) is 9.41. The Morgan fingerprint density at radius 1 is 1.28 bits per heavy atom. The number of pyridine rings is 1. The SMILES string of the molecule is Cc1cc(N2CCN(CC3CC3)CC2)ncc1N. The van der Waals surface area contributed by atoms with Crippen LogP contribution < -0.4 is 10.6 Å². The fourth-order valence-electron chi connectivity index (χ4n) is 2.55. The van der Waals surface area contributed by atoms with Crippen molar-refractivity contribution in [3.63, 3.8) is 0 Å². The Hall–Kier alpha value is -1.29. The molecule has 4 heteroatoms. The van der Waals surface area contributed by atoms with Gasteiger partial charge in [-0.25, -0.2) is 4.98 Å². The standard InChI is InChI=1S/C14H22N4/c1-11-8-14(16-9-13(11)15)18-6-4-17(5-7-18)10-12-2-3-12/h8-9,12H,2-7,10,15H2,1H3. The molecule has 1 saturated heterocycles. The van der Waals surface area contributed by atoms with Crippen molar-refractivity contribution < 1.29 is 0 Å². The molecule has 2 N–H and O–H groups in total. The van der Waals surface area contributed by atoms with E-state index in [0.29, 0.717) is 0 Å². The second kappa shape index (κ2) is 4.76. The smallest absolute Gasteiger partial charge is 0.128 e. The zero-order valence-corrected chi connectivity index (χ0v) is 11.1. The lowest BCUT2D eigenvalue weighted by molar-refractivity contribution is 0.247. The first-order valence-corrected chi connectivity index (χ1v) is 6.92. The van der Waals surface area contributed by atoms with Crippen LogP contribution in [0.1, 0.15) is 18.4 Å². The highest BCUT2D eigenvalue weighted by molar-refractivity contribution is 5.52. The molecule has 0 radical (unpaired) electrons. The molecule has 0 amide bonds. The third kappa shape index (κ3) is 2.58. The number of hydrogen-bond acceptors (Lipinski definition) is 4. The van der Waals surface area contributed by atoms with E-state index in [9.17, 15) is 0 Å². The molecule has 0 aromatic carbocycles. The molecule has 0 spiro atoms. The summed E-state index contributed by atoms with van der Waals surface area (Å²) in [6.45, 7) is 7.86. The molecule has 1 aromatic heterocycles. The number of piperazine rings is 1. The van der Waals surface area contributed by atoms with Crippen LogP contribution in [0.3, 0.4) is 0 Å². The van der Waals surface area contributed by atoms with Gasteiger partial charge in [0.05, 0.1) is 11.9 Å². The Bertz CT molecular complexity index is 420. The summed E-state index contributed by atoms with van der Waals surface area (Å²) in [5, 5.41) is 0. The van der Waals surface area contributed by atoms with E-state index in [2.05, 4.69) is 20.9 Å². The fraction of sp³-hybridized carbons (Fsp3) is 0.643. The van der Waals surface area contributed by atoms with Crippen molar-refractivity contribution in [3.8, 4) is 0 Å². The molecule has 2 fully saturated rings. The lowest BCUT2D eigenvalue weighted by Crippen LogP contribution is -2.47. The van der Waals surface area contributed by atoms with Crippen molar-refractivity contribution >= 4 is 11.5 Å². The van der Waals surface area contributed by atoms with E-state index >= 15 is 0 Å². The molecule has 1 aromatic rings. The van der Waals surface area contributed by atoms with E-state index < -0.39 is 0 Å². The van der Waals surface area contributed by atoms with E-state index in [-0.39, 0.29) is 0 Å². The van der Waals surface area contributed by atoms with Gasteiger partial charge in [0.25, 0.3) is 0 Å². The Morgan fingerprint density at radius 2 is 2.00 bits per heavy atom. The van der Waals surface area contributed by atoms with Crippen LogP contribution in [0, 0.1) is 12.8 Å². The highest BCUT2D eigenvalue weighted by Gasteiger charge is 2.26. The van der Waals surface area contributed by atoms with E-state index in [4.69, 9.17) is 5.73 Å². The van der Waals surface area contributed by atoms with Gasteiger partial charge in [0, 0.05) is 32.7 Å². The predicted octanol–water partition coefficient (Wildman–Crippen LogP) is 1.50. The molecule has 1 saturated carbocycles. The van der Waals surface area contributed by atoms with Gasteiger partial charge in [-0.2, -0.15) is 0 Å². The first-order chi connectivity index (χ1) is 8.72. The summed E-state index contributed by atoms with van der Waals surface area (Å²) in [5.74, 6) is 2.07. The Labute approximate surface area is 109 Å². The zero-order chi connectivity index (χ0) is 12.5. The van der Waals surface area contributed by atoms with Crippen LogP contribution in [-0.4, -0.2) is 42.6 Å². The third-order valence-corrected chi connectivity index (χ3v) is 4.05. The number of rotatable bonds is 3. The van der Waals surface area contributed by atoms with Crippen molar-refractivity contribution in [2.45, 2.75) is 19.8 Å². The number of aromatic nitrogens is 1. The lowest BCUT2D eigenvalue weighted by Gasteiger charge is -2.35. The molecular weight excluding hydrogens is 224 g/mol. The van der Waals surface area contributed by atoms with Crippen molar-refractivity contribution in [3.05, 3.63) is 17.8 Å². The molecule has 3 rings (SSSR count). The van der Waals surface area contributed by atoms with Crippen LogP contribution in [0.4, 0.5) is 11.5 Å². The normalized spacial score (nSPS) is 21.3. The molecule has 98 valence electrons. The summed E-state index contributed by atoms with van der Waals surface area (Å²) in [7, 11) is 0. The summed E-state index contributed by atoms with van der Waals surface area (Å²) < 4.78 is 0. The Morgan fingerprint density at radius 3 is 2.61 bits per heavy atom. The summed E-state index contributed by atoms with van der Waals surface area (Å²) in [6.07, 6.45) is 4.67. The first-order valence-electron chi connectivity index (χ1n) is 6.92. The number of nitrogens with two attached hydrogens (primary N) is 1. The molecule has 0 unspecified atom stereocenters. The number of nitrogens with zero attached hydrogens (tertiary/aromatic N) is 3. The van der Waals surface area contributed by atoms with Gasteiger partial charge in [0.15, 0.2) is 0 Å². The minimum absolute atomic E-state index is 0.783. The maximum atomic E-state index is 5.81. The highest BCUT2D eigenvalue weighted by atomic mass is 15.3. The van der Waals surface area contributed by atoms with Crippen molar-refractivity contribution in [2.24, 2.45) is 5.92 Å². The maximum absolute atomic E-state index is 5.81. The monoisotopic (exact) mass is 246 g/mol. The number of anilines is 2. The summed E-state index contributed by atoms with van der Waals surface area (Å²) >= 11 is 0. The minimum Gasteiger partial charge on any atom is -0.397 e. The van der Waals surface area contributed by atoms with Gasteiger partial charge in [-0.15, -0.1) is 0 Å². The fourth-order valence-corrected chi connectivity index (χ4v) is 2.55. The average Bonchev–Trinajstić information content (AvgIpc) is 3.18. The third-order valence-electron chi connectivity index (χ3n) is 4.05. The van der Waals surface area contributed by atoms with E-state index in [1.165, 1.54) is 32.5 Å². The van der Waals surface area contributed by atoms with Gasteiger partial charge in [0.2, 0.25) is 0 Å². The van der Waals surface area contributed by atoms with E-state index in [1.807, 2.05) is 6.92 Å². The van der Waals surface area contributed by atoms with E-state index in [1.54, 1.807) is 6.20 Å². The van der Waals surface area contributed by atoms with Crippen molar-refractivity contribution in [2.75, 3.05) is 43.4 Å². The van der Waals surface area contributed by atoms with Crippen LogP contribution >= 0.6 is 0 Å². The van der Waals surface area contributed by atoms with Crippen LogP contribution in [-0.2, 0) is 0 Å². The molecule has 18 heavy (non-hydrogen) atoms. The summed E-state index contributed by atoms with van der Waals surface area (Å²) in [6, 6.07) is 2.10. The topological polar surface area (TPSA) is 45.4 Å². The molecule has 0 bridgehead atoms. The van der Waals surface area contributed by atoms with Gasteiger partial charge in [-0.3, -0.25) is 4.90 Å². The first kappa shape index (κ1) is 11.8. The molecule has 0 atom stereocenters. The second-order valence-corrected chi connectivity index (χ2v) is 5.63. The second-order valence-electron chi connectivity index (χ2n) is 5.63. The van der Waals surface area contributed by atoms with Crippen LogP contribution in [0.25, 0.3) is 0 Å². The van der Waals surface area contributed by atoms with Crippen LogP contribution in [0.2, 0.25) is 0 Å². The quantitative estimate of drug-likeness (QED) is 0.878. The molecule has 1 aliphatic carbocycles. The molecule has 2 heterocycles. The van der Waals surface area contributed by atoms with E-state index in [0.717, 1.165) is 36.1 Å². The zero-order valence-electron chi connectivity index (χ0n) is 11.1. The Kier molecular flexibility index (Phi) is 3.12. The molecular formula is C14H22N4. The Balaban J connectivity index is 1.59. The van der Waals surface area contributed by atoms with Gasteiger partial charge in [-0.05, 0) is 37.3 Å². The van der Waals surface area contributed by atoms with Crippen LogP contribution in [0.5, 0.6) is 0 Å².